The fourth-order valence-electron chi connectivity index (χ4n) is 2.23. The molecule has 0 aromatic carbocycles. The van der Waals surface area contributed by atoms with Crippen molar-refractivity contribution in [2.75, 3.05) is 12.3 Å². The van der Waals surface area contributed by atoms with Gasteiger partial charge in [-0.15, -0.1) is 0 Å². The molecule has 8 nitrogen and oxygen atoms in total. The lowest BCUT2D eigenvalue weighted by Gasteiger charge is -2.09. The average Bonchev–Trinajstić information content (AvgIpc) is 3.18. The van der Waals surface area contributed by atoms with Gasteiger partial charge in [-0.25, -0.2) is 15.0 Å². The lowest BCUT2D eigenvalue weighted by molar-refractivity contribution is 0.0954. The summed E-state index contributed by atoms with van der Waals surface area (Å²) in [6.07, 6.45) is 5.69. The van der Waals surface area contributed by atoms with E-state index < -0.39 is 0 Å². The van der Waals surface area contributed by atoms with Crippen LogP contribution in [0.2, 0.25) is 0 Å². The molecular formula is C15H16N6O2. The molecule has 2 aromatic rings. The number of aryl methyl sites for hydroxylation is 1. The predicted molar refractivity (Wildman–Crippen MR) is 84.8 cm³/mol. The number of hydrogen-bond donors (Lipinski definition) is 2. The summed E-state index contributed by atoms with van der Waals surface area (Å²) in [6.45, 7) is 3.99. The molecule has 0 fully saturated rings. The summed E-state index contributed by atoms with van der Waals surface area (Å²) in [4.78, 5) is 29.0. The van der Waals surface area contributed by atoms with Crippen LogP contribution in [-0.4, -0.2) is 33.1 Å². The maximum Gasteiger partial charge on any atom is 0.274 e. The topological polar surface area (TPSA) is 119 Å². The van der Waals surface area contributed by atoms with Crippen molar-refractivity contribution in [3.05, 3.63) is 35.6 Å². The first-order valence-corrected chi connectivity index (χ1v) is 7.10. The van der Waals surface area contributed by atoms with Gasteiger partial charge in [0.1, 0.15) is 12.0 Å². The normalized spacial score (nSPS) is 13.7. The zero-order valence-corrected chi connectivity index (χ0v) is 12.8. The molecule has 3 heterocycles. The van der Waals surface area contributed by atoms with E-state index in [2.05, 4.69) is 25.3 Å². The van der Waals surface area contributed by atoms with Crippen molar-refractivity contribution in [1.82, 2.24) is 20.3 Å². The molecule has 1 aliphatic rings. The van der Waals surface area contributed by atoms with Crippen LogP contribution in [0.4, 0.5) is 5.82 Å². The van der Waals surface area contributed by atoms with E-state index in [1.807, 2.05) is 13.0 Å². The Labute approximate surface area is 132 Å². The van der Waals surface area contributed by atoms with Crippen molar-refractivity contribution in [1.29, 1.82) is 0 Å². The molecule has 0 unspecified atom stereocenters. The molecule has 3 rings (SSSR count). The number of nitrogens with zero attached hydrogens (tertiary/aromatic N) is 4. The second-order valence-corrected chi connectivity index (χ2v) is 5.14. The number of aliphatic imine (C=N–C) groups is 1. The molecule has 0 radical (unpaired) electrons. The van der Waals surface area contributed by atoms with Crippen LogP contribution in [0.25, 0.3) is 11.6 Å². The van der Waals surface area contributed by atoms with Gasteiger partial charge in [0.25, 0.3) is 5.91 Å². The van der Waals surface area contributed by atoms with Gasteiger partial charge in [-0.2, -0.15) is 0 Å². The SMILES string of the molecule is CC1=CCC(CNC(=O)c2nc(C)c(-c3ncco3)nc2N)=N1. The van der Waals surface area contributed by atoms with Crippen LogP contribution < -0.4 is 11.1 Å². The molecule has 0 bridgehead atoms. The van der Waals surface area contributed by atoms with E-state index in [1.54, 1.807) is 6.92 Å². The monoisotopic (exact) mass is 312 g/mol. The number of carbonyl (C=O) groups is 1. The summed E-state index contributed by atoms with van der Waals surface area (Å²) in [7, 11) is 0. The van der Waals surface area contributed by atoms with Crippen LogP contribution in [0.1, 0.15) is 29.5 Å². The van der Waals surface area contributed by atoms with Gasteiger partial charge in [-0.3, -0.25) is 9.79 Å². The Kier molecular flexibility index (Phi) is 3.88. The Bertz CT molecular complexity index is 808. The highest BCUT2D eigenvalue weighted by Crippen LogP contribution is 2.20. The molecule has 118 valence electrons. The van der Waals surface area contributed by atoms with Crippen LogP contribution in [0, 0.1) is 6.92 Å². The fraction of sp³-hybridized carbons (Fsp3) is 0.267. The zero-order valence-electron chi connectivity index (χ0n) is 12.8. The Morgan fingerprint density at radius 1 is 1.39 bits per heavy atom. The van der Waals surface area contributed by atoms with Gasteiger partial charge in [0.05, 0.1) is 18.4 Å². The third-order valence-corrected chi connectivity index (χ3v) is 3.37. The van der Waals surface area contributed by atoms with E-state index in [4.69, 9.17) is 10.2 Å². The summed E-state index contributed by atoms with van der Waals surface area (Å²) in [6, 6.07) is 0. The number of amides is 1. The van der Waals surface area contributed by atoms with Crippen LogP contribution >= 0.6 is 0 Å². The Morgan fingerprint density at radius 3 is 2.87 bits per heavy atom. The number of rotatable bonds is 4. The number of nitrogens with one attached hydrogen (secondary N) is 1. The van der Waals surface area contributed by atoms with Gasteiger partial charge < -0.3 is 15.5 Å². The number of nitrogens with two attached hydrogens (primary N) is 1. The van der Waals surface area contributed by atoms with Crippen molar-refractivity contribution in [3.8, 4) is 11.6 Å². The second kappa shape index (κ2) is 5.99. The first-order valence-electron chi connectivity index (χ1n) is 7.10. The van der Waals surface area contributed by atoms with Crippen LogP contribution in [-0.2, 0) is 0 Å². The highest BCUT2D eigenvalue weighted by molar-refractivity contribution is 6.00. The van der Waals surface area contributed by atoms with Crippen LogP contribution in [0.3, 0.4) is 0 Å². The third-order valence-electron chi connectivity index (χ3n) is 3.37. The van der Waals surface area contributed by atoms with Gasteiger partial charge in [0.15, 0.2) is 11.5 Å². The van der Waals surface area contributed by atoms with Gasteiger partial charge in [-0.05, 0) is 13.8 Å². The third kappa shape index (κ3) is 3.10. The largest absolute Gasteiger partial charge is 0.443 e. The van der Waals surface area contributed by atoms with Crippen molar-refractivity contribution < 1.29 is 9.21 Å². The molecule has 23 heavy (non-hydrogen) atoms. The highest BCUT2D eigenvalue weighted by atomic mass is 16.3. The second-order valence-electron chi connectivity index (χ2n) is 5.14. The molecular weight excluding hydrogens is 296 g/mol. The molecule has 0 spiro atoms. The number of oxazole rings is 1. The molecule has 1 aliphatic heterocycles. The van der Waals surface area contributed by atoms with Gasteiger partial charge in [-0.1, -0.05) is 6.08 Å². The highest BCUT2D eigenvalue weighted by Gasteiger charge is 2.19. The van der Waals surface area contributed by atoms with Crippen molar-refractivity contribution in [3.63, 3.8) is 0 Å². The molecule has 8 heteroatoms. The number of anilines is 1. The van der Waals surface area contributed by atoms with Gasteiger partial charge in [0.2, 0.25) is 5.89 Å². The van der Waals surface area contributed by atoms with Crippen molar-refractivity contribution in [2.24, 2.45) is 4.99 Å². The maximum atomic E-state index is 12.2. The van der Waals surface area contributed by atoms with Crippen LogP contribution in [0.15, 0.2) is 33.6 Å². The molecule has 0 atom stereocenters. The van der Waals surface area contributed by atoms with Crippen LogP contribution in [0.5, 0.6) is 0 Å². The Morgan fingerprint density at radius 2 is 2.22 bits per heavy atom. The number of hydrogen-bond acceptors (Lipinski definition) is 7. The first kappa shape index (κ1) is 14.9. The standard InChI is InChI=1S/C15H16N6O2/c1-8-3-4-10(19-8)7-18-14(22)12-13(16)21-11(9(2)20-12)15-17-5-6-23-15/h3,5-6H,4,7H2,1-2H3,(H2,16,21)(H,18,22). The summed E-state index contributed by atoms with van der Waals surface area (Å²) in [5.74, 6) is -0.0382. The van der Waals surface area contributed by atoms with Crippen molar-refractivity contribution in [2.45, 2.75) is 20.3 Å². The van der Waals surface area contributed by atoms with E-state index in [1.165, 1.54) is 12.5 Å². The zero-order chi connectivity index (χ0) is 16.4. The van der Waals surface area contributed by atoms with Crippen molar-refractivity contribution >= 4 is 17.4 Å². The molecule has 1 amide bonds. The smallest absolute Gasteiger partial charge is 0.274 e. The average molecular weight is 312 g/mol. The maximum absolute atomic E-state index is 12.2. The first-order chi connectivity index (χ1) is 11.0. The summed E-state index contributed by atoms with van der Waals surface area (Å²) in [5.41, 5.74) is 8.74. The molecule has 2 aromatic heterocycles. The minimum atomic E-state index is -0.385. The lowest BCUT2D eigenvalue weighted by atomic mass is 10.2. The number of nitrogen functional groups attached to an aromatic ring is 1. The quantitative estimate of drug-likeness (QED) is 0.883. The van der Waals surface area contributed by atoms with E-state index >= 15 is 0 Å². The molecule has 0 saturated heterocycles. The molecule has 3 N–H and O–H groups in total. The number of aromatic nitrogens is 3. The fourth-order valence-corrected chi connectivity index (χ4v) is 2.23. The summed E-state index contributed by atoms with van der Waals surface area (Å²) in [5, 5.41) is 2.76. The Hall–Kier alpha value is -3.03. The number of allylic oxidation sites excluding steroid dienone is 2. The number of carbonyl (C=O) groups excluding carboxylic acids is 1. The summed E-state index contributed by atoms with van der Waals surface area (Å²) < 4.78 is 5.19. The van der Waals surface area contributed by atoms with Gasteiger partial charge in [0, 0.05) is 17.8 Å². The van der Waals surface area contributed by atoms with E-state index in [0.717, 1.165) is 17.8 Å². The van der Waals surface area contributed by atoms with E-state index in [-0.39, 0.29) is 17.4 Å². The predicted octanol–water partition coefficient (Wildman–Crippen LogP) is 1.50. The van der Waals surface area contributed by atoms with E-state index in [9.17, 15) is 4.79 Å². The Balaban J connectivity index is 1.76. The summed E-state index contributed by atoms with van der Waals surface area (Å²) >= 11 is 0. The lowest BCUT2D eigenvalue weighted by Crippen LogP contribution is -2.30. The minimum absolute atomic E-state index is 0.0315. The van der Waals surface area contributed by atoms with Gasteiger partial charge >= 0.3 is 0 Å². The molecule has 0 aliphatic carbocycles. The minimum Gasteiger partial charge on any atom is -0.443 e. The molecule has 0 saturated carbocycles. The van der Waals surface area contributed by atoms with E-state index in [0.29, 0.717) is 23.8 Å².